The van der Waals surface area contributed by atoms with Crippen LogP contribution < -0.4 is 0 Å². The summed E-state index contributed by atoms with van der Waals surface area (Å²) in [4.78, 5) is 52.8. The van der Waals surface area contributed by atoms with Crippen LogP contribution >= 0.6 is 27.7 Å². The quantitative estimate of drug-likeness (QED) is 0.0507. The molecule has 143 heavy (non-hydrogen) atoms. The lowest BCUT2D eigenvalue weighted by atomic mass is 9.52. The number of hydrogen-bond acceptors (Lipinski definition) is 16. The van der Waals surface area contributed by atoms with E-state index in [2.05, 4.69) is 138 Å². The molecule has 0 aromatic heterocycles. The Morgan fingerprint density at radius 3 is 1.19 bits per heavy atom. The molecule has 3 N–H and O–H groups in total. The first-order chi connectivity index (χ1) is 68.6. The molecule has 24 rings (SSSR count). The number of thioether (sulfide) groups is 1. The van der Waals surface area contributed by atoms with Crippen LogP contribution in [0.2, 0.25) is 0 Å². The van der Waals surface area contributed by atoms with Gasteiger partial charge in [-0.25, -0.2) is 0 Å². The van der Waals surface area contributed by atoms with E-state index >= 15 is 0 Å². The summed E-state index contributed by atoms with van der Waals surface area (Å²) in [6, 6.07) is 31.2. The van der Waals surface area contributed by atoms with Crippen LogP contribution in [0.25, 0.3) is 0 Å². The maximum atomic E-state index is 13.9. The van der Waals surface area contributed by atoms with Gasteiger partial charge in [0, 0.05) is 90.9 Å². The van der Waals surface area contributed by atoms with E-state index in [1.54, 1.807) is 12.1 Å². The van der Waals surface area contributed by atoms with E-state index in [-0.39, 0.29) is 136 Å². The van der Waals surface area contributed by atoms with Crippen molar-refractivity contribution >= 4 is 50.8 Å². The molecule has 15 nitrogen and oxygen atoms in total. The Labute approximate surface area is 859 Å². The largest absolute Gasteiger partial charge is 0.508 e. The molecule has 22 heteroatoms. The van der Waals surface area contributed by atoms with Crippen molar-refractivity contribution in [2.75, 3.05) is 43.3 Å². The number of ketones is 4. The average Bonchev–Trinajstić information content (AvgIpc) is 1.62. The van der Waals surface area contributed by atoms with Crippen molar-refractivity contribution in [2.45, 2.75) is 403 Å². The third-order valence-corrected chi connectivity index (χ3v) is 43.3. The average molecular weight is 2060 g/mol. The molecule has 19 aliphatic rings. The summed E-state index contributed by atoms with van der Waals surface area (Å²) in [6.45, 7) is 23.4. The number of aliphatic hydroxyl groups is 2. The number of halogens is 6. The van der Waals surface area contributed by atoms with Crippen molar-refractivity contribution in [2.24, 2.45) is 98.1 Å². The van der Waals surface area contributed by atoms with Crippen molar-refractivity contribution in [1.29, 1.82) is 0 Å². The Morgan fingerprint density at radius 2 is 0.748 bits per heavy atom. The topological polar surface area (TPSA) is 203 Å². The monoisotopic (exact) mass is 2060 g/mol. The summed E-state index contributed by atoms with van der Waals surface area (Å²) in [7, 11) is 0. The number of alkyl halides is 6. The van der Waals surface area contributed by atoms with Gasteiger partial charge in [-0.3, -0.25) is 19.2 Å². The predicted molar refractivity (Wildman–Crippen MR) is 549 cm³/mol. The molecule has 32 atom stereocenters. The highest BCUT2D eigenvalue weighted by Crippen LogP contribution is 2.70. The number of phenols is 1. The summed E-state index contributed by atoms with van der Waals surface area (Å²) in [5.74, 6) is 3.74. The van der Waals surface area contributed by atoms with E-state index in [1.807, 2.05) is 19.1 Å². The third-order valence-electron chi connectivity index (χ3n) is 41.4. The lowest BCUT2D eigenvalue weighted by Crippen LogP contribution is -2.50. The van der Waals surface area contributed by atoms with Crippen LogP contribution in [0.3, 0.4) is 0 Å². The number of phenolic OH excluding ortho intramolecular Hbond substituents is 1. The number of carbonyl (C=O) groups excluding carboxylic acids is 4. The van der Waals surface area contributed by atoms with Gasteiger partial charge in [0.15, 0.2) is 48.3 Å². The van der Waals surface area contributed by atoms with Crippen LogP contribution in [0.1, 0.15) is 405 Å². The van der Waals surface area contributed by atoms with Crippen LogP contribution in [-0.2, 0) is 37.9 Å². The van der Waals surface area contributed by atoms with Crippen LogP contribution in [0.4, 0.5) is 22.0 Å². The summed E-state index contributed by atoms with van der Waals surface area (Å²) in [5.41, 5.74) is 16.1. The Morgan fingerprint density at radius 1 is 0.392 bits per heavy atom. The second-order valence-electron chi connectivity index (χ2n) is 49.2. The number of benzene rings is 5. The number of fused-ring (bicyclic) bond motifs is 25. The number of hydrogen-bond donors (Lipinski definition) is 3. The van der Waals surface area contributed by atoms with Crippen molar-refractivity contribution < 1.29 is 94.3 Å². The van der Waals surface area contributed by atoms with Crippen molar-refractivity contribution in [3.63, 3.8) is 0 Å². The minimum atomic E-state index is -5.53. The van der Waals surface area contributed by atoms with Gasteiger partial charge in [0.05, 0.1) is 36.6 Å². The standard InChI is InChI=1S/C30H39F5O3S.C25H33BrO3.C24H34O3.C24H32O3.C18H22O3/c1-18-7-8-19-20-11-13-28(2)23(9-10-24(28)38-25-6-3-4-14-37-25)26(20)22(27(36)21(19)16-18)17-39-15-5-12-29(31,32)30(33,34)35;1-15-6-7-16-17-10-11-25(2)20(23(17)19(14-26)24(27)18(16)13-15)8-9-21(25)29-22-5-3-4-12-28-22;2*1-15-6-7-16-17-10-11-24(2)20(18(17)14-21(25)19(16)13-15)8-9-22(24)27-23-5-3-4-12-26-23;1-18-7-6-12-11-3-2-10(19)8-14(11)16(20)9-13(12)15(18)4-5-17(18)21/h7-8,16,20,22-26H,3-6,9-15,17H2,1-2H3;6-7,13,17,19-23H,3-5,8-12,14H2,1-2H3;6-7,13,17-18,20-23,25H,3-5,8-12,14H2,1-2H3;6-7,13,17-18,20,22-23H,3-5,8-12,14H2,1-2H3;2-3,8,12-13,15,17,19,21H,4-7,9H2,1H3. The van der Waals surface area contributed by atoms with E-state index in [4.69, 9.17) is 37.9 Å². The van der Waals surface area contributed by atoms with Crippen molar-refractivity contribution in [1.82, 2.24) is 0 Å². The molecule has 782 valence electrons. The van der Waals surface area contributed by atoms with E-state index in [1.165, 1.54) is 128 Å². The molecule has 5 aromatic carbocycles. The zero-order chi connectivity index (χ0) is 100. The summed E-state index contributed by atoms with van der Waals surface area (Å²) < 4.78 is 114. The second kappa shape index (κ2) is 42.7. The van der Waals surface area contributed by atoms with Gasteiger partial charge in [0.2, 0.25) is 0 Å². The molecule has 0 spiro atoms. The lowest BCUT2D eigenvalue weighted by molar-refractivity contribution is -0.284. The molecule has 0 bridgehead atoms. The molecule has 0 radical (unpaired) electrons. The fourth-order valence-electron chi connectivity index (χ4n) is 33.8. The molecule has 5 aromatic rings. The zero-order valence-electron chi connectivity index (χ0n) is 86.3. The molecular formula is C121H160BrF5O15S. The fourth-order valence-corrected chi connectivity index (χ4v) is 35.7. The van der Waals surface area contributed by atoms with Gasteiger partial charge in [0.1, 0.15) is 5.75 Å². The van der Waals surface area contributed by atoms with Crippen LogP contribution in [0.5, 0.6) is 5.75 Å². The highest BCUT2D eigenvalue weighted by molar-refractivity contribution is 9.09. The fraction of sp³-hybridized carbons (Fsp3) is 0.719. The normalized spacial score (nSPS) is 40.0. The summed E-state index contributed by atoms with van der Waals surface area (Å²) in [5, 5.41) is 31.7. The van der Waals surface area contributed by atoms with Gasteiger partial charge in [-0.15, -0.1) is 0 Å². The molecule has 10 saturated carbocycles. The van der Waals surface area contributed by atoms with Gasteiger partial charge in [-0.2, -0.15) is 33.7 Å². The molecule has 14 fully saturated rings. The van der Waals surface area contributed by atoms with Gasteiger partial charge < -0.3 is 53.2 Å². The SMILES string of the molecule is CC12CCC3c4ccc(O)cc4C(=O)CC3C1CCC2O.Cc1ccc2c(c1)C(=O)C(CBr)C1C2CCC2(C)C(OC3CCCCO3)CCC12.Cc1ccc2c(c1)C(=O)C(CSCCCC(F)(F)C(F)(F)F)C1C2CCC2(C)C(OC3CCCCO3)CCC12.Cc1ccc2c(c1)C(=O)CC1C2CCC2(C)C(OC3CCCCO3)CCC12.Cc1ccc2c(c1)C(O)CC1C2CCC2(C)C(OC3CCCCO3)CCC12. The number of aromatic hydroxyl groups is 1. The first-order valence-electron chi connectivity index (χ1n) is 56.0. The van der Waals surface area contributed by atoms with Crippen LogP contribution in [0.15, 0.2) is 91.0 Å². The second-order valence-corrected chi connectivity index (χ2v) is 51.0. The summed E-state index contributed by atoms with van der Waals surface area (Å²) >= 11 is 5.06. The maximum absolute atomic E-state index is 13.9. The zero-order valence-corrected chi connectivity index (χ0v) is 88.7. The molecule has 4 saturated heterocycles. The predicted octanol–water partition coefficient (Wildman–Crippen LogP) is 28.3. The minimum Gasteiger partial charge on any atom is -0.508 e. The Kier molecular flexibility index (Phi) is 31.3. The number of rotatable bonds is 15. The number of Topliss-reactive ketones (excluding diaryl/α,β-unsaturated/α-hetero) is 4. The lowest BCUT2D eigenvalue weighted by Gasteiger charge is -2.53. The van der Waals surface area contributed by atoms with Gasteiger partial charge in [-0.05, 0) is 431 Å². The summed E-state index contributed by atoms with van der Waals surface area (Å²) in [6.07, 6.45) is 30.8. The molecule has 4 heterocycles. The number of aryl methyl sites for hydroxylation is 4. The first-order valence-corrected chi connectivity index (χ1v) is 58.3. The highest BCUT2D eigenvalue weighted by atomic mass is 79.9. The van der Waals surface area contributed by atoms with E-state index in [9.17, 15) is 56.4 Å². The van der Waals surface area contributed by atoms with Gasteiger partial charge in [0.25, 0.3) is 0 Å². The Balaban J connectivity index is 0.000000111. The molecule has 0 amide bonds. The molecule has 15 aliphatic carbocycles. The molecule has 4 aliphatic heterocycles. The van der Waals surface area contributed by atoms with Crippen LogP contribution in [0, 0.1) is 126 Å². The highest BCUT2D eigenvalue weighted by Gasteiger charge is 2.65. The first kappa shape index (κ1) is 105. The van der Waals surface area contributed by atoms with E-state index in [0.29, 0.717) is 107 Å². The van der Waals surface area contributed by atoms with E-state index < -0.39 is 18.5 Å². The Hall–Kier alpha value is -5.34. The maximum Gasteiger partial charge on any atom is 0.453 e. The Bertz CT molecular complexity index is 5370. The van der Waals surface area contributed by atoms with Crippen molar-refractivity contribution in [3.8, 4) is 5.75 Å². The smallest absolute Gasteiger partial charge is 0.453 e. The minimum absolute atomic E-state index is 0.00410. The van der Waals surface area contributed by atoms with Gasteiger partial charge in [-0.1, -0.05) is 133 Å². The number of aliphatic hydroxyl groups excluding tert-OH is 2. The van der Waals surface area contributed by atoms with Gasteiger partial charge >= 0.3 is 12.1 Å². The van der Waals surface area contributed by atoms with Crippen LogP contribution in [-0.4, -0.2) is 149 Å². The molecular weight excluding hydrogens is 1900 g/mol. The molecule has 32 unspecified atom stereocenters. The number of carbonyl (C=O) groups is 4. The third kappa shape index (κ3) is 20.2. The van der Waals surface area contributed by atoms with Crippen molar-refractivity contribution in [3.05, 3.63) is 169 Å². The van der Waals surface area contributed by atoms with E-state index in [0.717, 1.165) is 212 Å². The number of ether oxygens (including phenoxy) is 8.